The van der Waals surface area contributed by atoms with Crippen LogP contribution >= 0.6 is 0 Å². The van der Waals surface area contributed by atoms with E-state index >= 15 is 0 Å². The number of ether oxygens (including phenoxy) is 1. The van der Waals surface area contributed by atoms with Crippen molar-refractivity contribution in [2.45, 2.75) is 45.8 Å². The Hall–Kier alpha value is -0.610. The molecule has 1 atom stereocenters. The Kier molecular flexibility index (Phi) is 6.13. The third-order valence-corrected chi connectivity index (χ3v) is 3.09. The summed E-state index contributed by atoms with van der Waals surface area (Å²) in [7, 11) is 3.12. The van der Waals surface area contributed by atoms with Gasteiger partial charge in [-0.3, -0.25) is 0 Å². The monoisotopic (exact) mass is 239 g/mol. The molecule has 0 saturated carbocycles. The van der Waals surface area contributed by atoms with Gasteiger partial charge < -0.3 is 20.1 Å². The largest absolute Gasteiger partial charge is 0.361 e. The molecule has 0 aromatic rings. The smallest absolute Gasteiger partial charge is 0.187 e. The molecule has 0 rings (SSSR count). The molecule has 0 aromatic carbocycles. The Balaban J connectivity index is 4.02. The third-order valence-electron chi connectivity index (χ3n) is 3.09. The van der Waals surface area contributed by atoms with Gasteiger partial charge in [-0.15, -0.1) is 0 Å². The maximum atomic E-state index is 11.3. The van der Waals surface area contributed by atoms with Crippen LogP contribution in [0.3, 0.4) is 0 Å². The van der Waals surface area contributed by atoms with E-state index < -0.39 is 5.72 Å². The number of carbonyl (C=O) groups excluding carboxylic acids is 2. The zero-order valence-electron chi connectivity index (χ0n) is 11.6. The first-order valence-corrected chi connectivity index (χ1v) is 6.00. The average molecular weight is 239 g/mol. The lowest BCUT2D eigenvalue weighted by Crippen LogP contribution is -2.41. The molecule has 4 nitrogen and oxygen atoms in total. The van der Waals surface area contributed by atoms with Crippen LogP contribution in [0.1, 0.15) is 40.0 Å². The molecule has 17 heavy (non-hydrogen) atoms. The highest BCUT2D eigenvalue weighted by Crippen LogP contribution is 2.21. The zero-order valence-corrected chi connectivity index (χ0v) is 11.6. The number of hydrogen-bond acceptors (Lipinski definition) is 4. The molecule has 0 spiro atoms. The molecule has 0 saturated heterocycles. The molecule has 6 heteroatoms. The topological polar surface area (TPSA) is 69.4 Å². The van der Waals surface area contributed by atoms with Crippen molar-refractivity contribution >= 4 is 27.1 Å². The highest BCUT2D eigenvalue weighted by molar-refractivity contribution is 6.58. The van der Waals surface area contributed by atoms with Gasteiger partial charge in [0.1, 0.15) is 5.72 Å². The van der Waals surface area contributed by atoms with Crippen molar-refractivity contribution < 1.29 is 14.3 Å². The molecular weight excluding hydrogens is 216 g/mol. The van der Waals surface area contributed by atoms with Gasteiger partial charge in [-0.1, -0.05) is 13.8 Å². The number of nitrogens with two attached hydrogens (primary N) is 1. The Labute approximate surface area is 105 Å². The van der Waals surface area contributed by atoms with Crippen molar-refractivity contribution in [2.75, 3.05) is 6.61 Å². The minimum atomic E-state index is -0.793. The SMILES string of the molecule is BC(=O)CCC(C)(N)OCCC(C)(C)C(B)=O. The van der Waals surface area contributed by atoms with Crippen molar-refractivity contribution in [1.29, 1.82) is 0 Å². The molecule has 0 radical (unpaired) electrons. The van der Waals surface area contributed by atoms with Crippen LogP contribution in [0, 0.1) is 5.41 Å². The van der Waals surface area contributed by atoms with Gasteiger partial charge in [0.25, 0.3) is 0 Å². The van der Waals surface area contributed by atoms with Crippen LogP contribution in [-0.4, -0.2) is 39.4 Å². The molecule has 0 aliphatic heterocycles. The summed E-state index contributed by atoms with van der Waals surface area (Å²) >= 11 is 0. The summed E-state index contributed by atoms with van der Waals surface area (Å²) in [6.45, 7) is 5.97. The first-order chi connectivity index (χ1) is 7.57. The number of carbonyl (C=O) groups is 2. The summed E-state index contributed by atoms with van der Waals surface area (Å²) in [6, 6.07) is 0. The predicted octanol–water partition coefficient (Wildman–Crippen LogP) is -0.806. The molecule has 0 aliphatic carbocycles. The Morgan fingerprint density at radius 1 is 1.18 bits per heavy atom. The minimum Gasteiger partial charge on any atom is -0.361 e. The fourth-order valence-corrected chi connectivity index (χ4v) is 1.21. The Morgan fingerprint density at radius 2 is 1.71 bits per heavy atom. The van der Waals surface area contributed by atoms with Gasteiger partial charge >= 0.3 is 0 Å². The zero-order chi connectivity index (χ0) is 13.7. The normalized spacial score (nSPS) is 15.3. The Morgan fingerprint density at radius 3 is 2.12 bits per heavy atom. The summed E-state index contributed by atoms with van der Waals surface area (Å²) in [6.07, 6.45) is 1.56. The number of hydrogen-bond donors (Lipinski definition) is 1. The van der Waals surface area contributed by atoms with Gasteiger partial charge in [-0.25, -0.2) is 0 Å². The molecule has 96 valence electrons. The predicted molar refractivity (Wildman–Crippen MR) is 73.3 cm³/mol. The van der Waals surface area contributed by atoms with Gasteiger partial charge in [0, 0.05) is 12.0 Å². The second-order valence-electron chi connectivity index (χ2n) is 5.55. The fourth-order valence-electron chi connectivity index (χ4n) is 1.21. The number of rotatable bonds is 8. The summed E-state index contributed by atoms with van der Waals surface area (Å²) in [5.41, 5.74) is 4.99. The first kappa shape index (κ1) is 16.4. The first-order valence-electron chi connectivity index (χ1n) is 6.00. The summed E-state index contributed by atoms with van der Waals surface area (Å²) in [5, 5.41) is 0. The molecule has 0 heterocycles. The second-order valence-corrected chi connectivity index (χ2v) is 5.55. The van der Waals surface area contributed by atoms with Crippen LogP contribution in [0.4, 0.5) is 0 Å². The van der Waals surface area contributed by atoms with Gasteiger partial charge in [0.2, 0.25) is 0 Å². The lowest BCUT2D eigenvalue weighted by molar-refractivity contribution is -0.121. The lowest BCUT2D eigenvalue weighted by atomic mass is 9.75. The van der Waals surface area contributed by atoms with Crippen LogP contribution in [0.15, 0.2) is 0 Å². The van der Waals surface area contributed by atoms with E-state index in [1.54, 1.807) is 14.8 Å². The fraction of sp³-hybridized carbons (Fsp3) is 0.818. The quantitative estimate of drug-likeness (QED) is 0.444. The minimum absolute atomic E-state index is 0.106. The lowest BCUT2D eigenvalue weighted by Gasteiger charge is -2.28. The van der Waals surface area contributed by atoms with Gasteiger partial charge in [0.15, 0.2) is 15.7 Å². The van der Waals surface area contributed by atoms with Crippen molar-refractivity contribution in [3.05, 3.63) is 0 Å². The molecule has 0 aromatic heterocycles. The highest BCUT2D eigenvalue weighted by Gasteiger charge is 2.25. The van der Waals surface area contributed by atoms with E-state index in [9.17, 15) is 9.59 Å². The van der Waals surface area contributed by atoms with Gasteiger partial charge in [-0.05, 0) is 26.2 Å². The molecule has 0 fully saturated rings. The highest BCUT2D eigenvalue weighted by atomic mass is 16.5. The molecule has 0 aliphatic rings. The van der Waals surface area contributed by atoms with Crippen molar-refractivity contribution in [1.82, 2.24) is 0 Å². The maximum Gasteiger partial charge on any atom is 0.187 e. The Bertz CT molecular complexity index is 290. The van der Waals surface area contributed by atoms with Crippen LogP contribution in [0.25, 0.3) is 0 Å². The average Bonchev–Trinajstić information content (AvgIpc) is 2.14. The van der Waals surface area contributed by atoms with E-state index in [0.29, 0.717) is 25.9 Å². The van der Waals surface area contributed by atoms with Gasteiger partial charge in [0.05, 0.1) is 11.4 Å². The van der Waals surface area contributed by atoms with Crippen LogP contribution < -0.4 is 5.73 Å². The van der Waals surface area contributed by atoms with Crippen LogP contribution in [0.5, 0.6) is 0 Å². The molecule has 0 amide bonds. The summed E-state index contributed by atoms with van der Waals surface area (Å²) < 4.78 is 5.54. The standard InChI is InChI=1S/C11H23B2NO3/c1-10(2,9(13)16)6-7-17-11(3,14)5-4-8(12)15/h4-7,12-14H2,1-3H3. The van der Waals surface area contributed by atoms with Crippen molar-refractivity contribution in [3.8, 4) is 0 Å². The van der Waals surface area contributed by atoms with E-state index in [4.69, 9.17) is 10.5 Å². The third kappa shape index (κ3) is 7.34. The molecule has 1 unspecified atom stereocenters. The summed E-state index contributed by atoms with van der Waals surface area (Å²) in [5.74, 6) is 0. The van der Waals surface area contributed by atoms with Crippen LogP contribution in [-0.2, 0) is 14.3 Å². The molecule has 2 N–H and O–H groups in total. The van der Waals surface area contributed by atoms with E-state index in [1.165, 1.54) is 7.85 Å². The van der Waals surface area contributed by atoms with E-state index in [0.717, 1.165) is 0 Å². The van der Waals surface area contributed by atoms with Crippen LogP contribution in [0.2, 0.25) is 0 Å². The molecule has 0 bridgehead atoms. The van der Waals surface area contributed by atoms with E-state index in [2.05, 4.69) is 0 Å². The molecular formula is C11H23B2NO3. The van der Waals surface area contributed by atoms with Crippen molar-refractivity contribution in [2.24, 2.45) is 11.1 Å². The second kappa shape index (κ2) is 6.36. The van der Waals surface area contributed by atoms with E-state index in [1.807, 2.05) is 13.8 Å². The maximum absolute atomic E-state index is 11.3. The van der Waals surface area contributed by atoms with Crippen molar-refractivity contribution in [3.63, 3.8) is 0 Å². The van der Waals surface area contributed by atoms with E-state index in [-0.39, 0.29) is 16.8 Å². The summed E-state index contributed by atoms with van der Waals surface area (Å²) in [4.78, 5) is 22.2. The van der Waals surface area contributed by atoms with Gasteiger partial charge in [-0.2, -0.15) is 0 Å².